The van der Waals surface area contributed by atoms with Crippen LogP contribution in [0.25, 0.3) is 0 Å². The number of rotatable bonds is 7. The maximum atomic E-state index is 14.6. The molecule has 0 unspecified atom stereocenters. The number of hydrogen-bond donors (Lipinski definition) is 0. The van der Waals surface area contributed by atoms with Gasteiger partial charge in [-0.15, -0.1) is 0 Å². The maximum absolute atomic E-state index is 14.6. The van der Waals surface area contributed by atoms with Gasteiger partial charge in [0.2, 0.25) is 0 Å². The monoisotopic (exact) mass is 490 g/mol. The van der Waals surface area contributed by atoms with Crippen LogP contribution in [0, 0.1) is 12.7 Å². The Balaban J connectivity index is 1.74. The van der Waals surface area contributed by atoms with E-state index in [2.05, 4.69) is 15.9 Å². The van der Waals surface area contributed by atoms with Crippen LogP contribution in [0.15, 0.2) is 65.1 Å². The van der Waals surface area contributed by atoms with Gasteiger partial charge in [-0.25, -0.2) is 9.18 Å². The molecule has 3 rings (SSSR count). The van der Waals surface area contributed by atoms with Crippen LogP contribution < -0.4 is 4.74 Å². The summed E-state index contributed by atoms with van der Waals surface area (Å²) in [5.41, 5.74) is 2.03. The molecule has 4 nitrogen and oxygen atoms in total. The third kappa shape index (κ3) is 5.26. The predicted molar refractivity (Wildman–Crippen MR) is 115 cm³/mol. The fourth-order valence-corrected chi connectivity index (χ4v) is 3.47. The van der Waals surface area contributed by atoms with Crippen LogP contribution in [0.5, 0.6) is 5.75 Å². The van der Waals surface area contributed by atoms with Crippen molar-refractivity contribution in [2.45, 2.75) is 20.1 Å². The van der Waals surface area contributed by atoms with Gasteiger partial charge in [-0.2, -0.15) is 0 Å². The van der Waals surface area contributed by atoms with Gasteiger partial charge in [0.1, 0.15) is 24.8 Å². The average molecular weight is 492 g/mol. The summed E-state index contributed by atoms with van der Waals surface area (Å²) in [5.74, 6) is -1.27. The van der Waals surface area contributed by atoms with Crippen LogP contribution in [0.4, 0.5) is 4.39 Å². The van der Waals surface area contributed by atoms with Crippen molar-refractivity contribution in [2.75, 3.05) is 0 Å². The zero-order valence-corrected chi connectivity index (χ0v) is 18.3. The van der Waals surface area contributed by atoms with Gasteiger partial charge in [-0.3, -0.25) is 4.79 Å². The summed E-state index contributed by atoms with van der Waals surface area (Å²) in [6.07, 6.45) is 0. The Hall–Kier alpha value is -2.70. The largest absolute Gasteiger partial charge is 0.488 e. The lowest BCUT2D eigenvalue weighted by atomic mass is 10.1. The van der Waals surface area contributed by atoms with Gasteiger partial charge in [0.15, 0.2) is 0 Å². The van der Waals surface area contributed by atoms with Crippen LogP contribution in [0.3, 0.4) is 0 Å². The molecule has 0 aliphatic heterocycles. The van der Waals surface area contributed by atoms with E-state index in [1.807, 2.05) is 30.3 Å². The second-order valence-electron chi connectivity index (χ2n) is 6.49. The molecule has 0 heterocycles. The van der Waals surface area contributed by atoms with Gasteiger partial charge < -0.3 is 9.47 Å². The first-order valence-corrected chi connectivity index (χ1v) is 10.1. The van der Waals surface area contributed by atoms with Crippen molar-refractivity contribution >= 4 is 38.7 Å². The van der Waals surface area contributed by atoms with E-state index in [1.54, 1.807) is 25.1 Å². The summed E-state index contributed by atoms with van der Waals surface area (Å²) in [5, 5.41) is -0.616. The molecule has 0 spiro atoms. The lowest BCUT2D eigenvalue weighted by Crippen LogP contribution is -2.09. The highest BCUT2D eigenvalue weighted by atomic mass is 79.9. The van der Waals surface area contributed by atoms with Crippen molar-refractivity contribution in [3.05, 3.63) is 98.8 Å². The Morgan fingerprint density at radius 3 is 2.43 bits per heavy atom. The summed E-state index contributed by atoms with van der Waals surface area (Å²) in [6, 6.07) is 16.7. The molecule has 0 aromatic heterocycles. The van der Waals surface area contributed by atoms with E-state index < -0.39 is 17.0 Å². The molecule has 3 aromatic carbocycles. The van der Waals surface area contributed by atoms with Crippen LogP contribution in [-0.4, -0.2) is 11.2 Å². The normalized spacial score (nSPS) is 10.5. The molecule has 30 heavy (non-hydrogen) atoms. The highest BCUT2D eigenvalue weighted by Crippen LogP contribution is 2.27. The molecule has 0 N–H and O–H groups in total. The number of hydrogen-bond acceptors (Lipinski definition) is 4. The minimum atomic E-state index is -0.758. The van der Waals surface area contributed by atoms with Crippen LogP contribution in [0.1, 0.15) is 37.4 Å². The van der Waals surface area contributed by atoms with Gasteiger partial charge in [0.25, 0.3) is 5.24 Å². The van der Waals surface area contributed by atoms with E-state index >= 15 is 0 Å². The molecule has 0 fully saturated rings. The summed E-state index contributed by atoms with van der Waals surface area (Å²) in [7, 11) is 0. The predicted octanol–water partition coefficient (Wildman–Crippen LogP) is 6.21. The van der Waals surface area contributed by atoms with E-state index in [1.165, 1.54) is 6.07 Å². The Kier molecular flexibility index (Phi) is 7.24. The second-order valence-corrected chi connectivity index (χ2v) is 7.69. The Labute approximate surface area is 186 Å². The van der Waals surface area contributed by atoms with E-state index in [0.717, 1.165) is 11.6 Å². The highest BCUT2D eigenvalue weighted by Gasteiger charge is 2.18. The van der Waals surface area contributed by atoms with Gasteiger partial charge >= 0.3 is 5.97 Å². The summed E-state index contributed by atoms with van der Waals surface area (Å²) in [4.78, 5) is 23.9. The summed E-state index contributed by atoms with van der Waals surface area (Å²) >= 11 is 8.98. The average Bonchev–Trinajstić information content (AvgIpc) is 2.73. The van der Waals surface area contributed by atoms with Crippen LogP contribution in [0.2, 0.25) is 0 Å². The van der Waals surface area contributed by atoms with E-state index in [0.29, 0.717) is 21.2 Å². The van der Waals surface area contributed by atoms with Crippen molar-refractivity contribution in [2.24, 2.45) is 0 Å². The first-order chi connectivity index (χ1) is 14.4. The zero-order valence-electron chi connectivity index (χ0n) is 16.0. The molecule has 0 saturated carbocycles. The van der Waals surface area contributed by atoms with Crippen LogP contribution >= 0.6 is 27.5 Å². The molecular weight excluding hydrogens is 475 g/mol. The smallest absolute Gasteiger partial charge is 0.341 e. The van der Waals surface area contributed by atoms with Gasteiger partial charge in [0, 0.05) is 21.7 Å². The van der Waals surface area contributed by atoms with Crippen molar-refractivity contribution in [3.8, 4) is 5.75 Å². The third-order valence-electron chi connectivity index (χ3n) is 4.40. The standard InChI is InChI=1S/C23H17BrClFO4/c1-14-10-17(23(28)30-12-15-6-3-2-4-7-15)20(26)11-21(14)29-13-18-16(22(25)27)8-5-9-19(18)24/h2-11H,12-13H2,1H3. The summed E-state index contributed by atoms with van der Waals surface area (Å²) in [6.45, 7) is 1.73. The number of halogens is 3. The fraction of sp³-hybridized carbons (Fsp3) is 0.130. The van der Waals surface area contributed by atoms with Crippen molar-refractivity contribution in [3.63, 3.8) is 0 Å². The molecule has 7 heteroatoms. The lowest BCUT2D eigenvalue weighted by Gasteiger charge is -2.14. The van der Waals surface area contributed by atoms with Crippen molar-refractivity contribution in [1.82, 2.24) is 0 Å². The number of ether oxygens (including phenoxy) is 2. The quantitative estimate of drug-likeness (QED) is 0.291. The molecule has 0 atom stereocenters. The van der Waals surface area contributed by atoms with E-state index in [9.17, 15) is 14.0 Å². The van der Waals surface area contributed by atoms with Crippen molar-refractivity contribution in [1.29, 1.82) is 0 Å². The molecule has 0 bridgehead atoms. The van der Waals surface area contributed by atoms with E-state index in [4.69, 9.17) is 21.1 Å². The minimum Gasteiger partial charge on any atom is -0.488 e. The Morgan fingerprint density at radius 1 is 1.00 bits per heavy atom. The minimum absolute atomic E-state index is 0.00665. The first-order valence-electron chi connectivity index (χ1n) is 8.98. The number of carbonyl (C=O) groups excluding carboxylic acids is 2. The number of aryl methyl sites for hydroxylation is 1. The Bertz CT molecular complexity index is 1090. The first kappa shape index (κ1) is 22.0. The van der Waals surface area contributed by atoms with Gasteiger partial charge in [0.05, 0.1) is 5.56 Å². The maximum Gasteiger partial charge on any atom is 0.341 e. The fourth-order valence-electron chi connectivity index (χ4n) is 2.82. The number of esters is 1. The third-order valence-corrected chi connectivity index (χ3v) is 5.35. The topological polar surface area (TPSA) is 52.6 Å². The number of benzene rings is 3. The summed E-state index contributed by atoms with van der Waals surface area (Å²) < 4.78 is 26.1. The highest BCUT2D eigenvalue weighted by molar-refractivity contribution is 9.10. The molecule has 3 aromatic rings. The molecule has 0 radical (unpaired) electrons. The van der Waals surface area contributed by atoms with Crippen LogP contribution in [-0.2, 0) is 18.0 Å². The van der Waals surface area contributed by atoms with Gasteiger partial charge in [-0.05, 0) is 47.9 Å². The van der Waals surface area contributed by atoms with E-state index in [-0.39, 0.29) is 24.5 Å². The molecule has 0 aliphatic carbocycles. The molecule has 154 valence electrons. The molecule has 0 aliphatic rings. The van der Waals surface area contributed by atoms with Crippen molar-refractivity contribution < 1.29 is 23.5 Å². The SMILES string of the molecule is Cc1cc(C(=O)OCc2ccccc2)c(F)cc1OCc1c(Br)cccc1C(=O)Cl. The van der Waals surface area contributed by atoms with Gasteiger partial charge in [-0.1, -0.05) is 52.3 Å². The number of carbonyl (C=O) groups is 2. The second kappa shape index (κ2) is 9.87. The lowest BCUT2D eigenvalue weighted by molar-refractivity contribution is 0.0467. The molecule has 0 amide bonds. The Morgan fingerprint density at radius 2 is 1.73 bits per heavy atom. The molecule has 0 saturated heterocycles. The zero-order chi connectivity index (χ0) is 21.7. The molecular formula is C23H17BrClFO4.